The second kappa shape index (κ2) is 18.6. The highest BCUT2D eigenvalue weighted by Crippen LogP contribution is 2.14. The first kappa shape index (κ1) is 25.6. The Balaban J connectivity index is 1.82. The summed E-state index contributed by atoms with van der Waals surface area (Å²) < 4.78 is 0. The number of unbranched alkanes of at least 4 members (excludes halogenated alkanes) is 15. The zero-order chi connectivity index (χ0) is 21.0. The minimum atomic E-state index is -0.0490. The van der Waals surface area contributed by atoms with Gasteiger partial charge in [-0.25, -0.2) is 0 Å². The predicted molar refractivity (Wildman–Crippen MR) is 125 cm³/mol. The molecule has 0 aliphatic rings. The van der Waals surface area contributed by atoms with Crippen molar-refractivity contribution in [2.75, 3.05) is 0 Å². The van der Waals surface area contributed by atoms with Crippen molar-refractivity contribution in [3.05, 3.63) is 35.9 Å². The Kier molecular flexibility index (Phi) is 16.4. The molecular formula is C27H44O2. The van der Waals surface area contributed by atoms with E-state index < -0.39 is 0 Å². The van der Waals surface area contributed by atoms with Crippen LogP contribution < -0.4 is 0 Å². The van der Waals surface area contributed by atoms with Crippen molar-refractivity contribution in [2.45, 2.75) is 122 Å². The van der Waals surface area contributed by atoms with Gasteiger partial charge in [-0.2, -0.15) is 0 Å². The number of carbonyl (C=O) groups is 2. The van der Waals surface area contributed by atoms with Crippen molar-refractivity contribution in [3.8, 4) is 0 Å². The van der Waals surface area contributed by atoms with Gasteiger partial charge >= 0.3 is 0 Å². The van der Waals surface area contributed by atoms with Crippen LogP contribution in [0.2, 0.25) is 0 Å². The van der Waals surface area contributed by atoms with Gasteiger partial charge in [0.2, 0.25) is 0 Å². The van der Waals surface area contributed by atoms with Crippen LogP contribution >= 0.6 is 0 Å². The molecule has 0 fully saturated rings. The van der Waals surface area contributed by atoms with Gasteiger partial charge in [0.15, 0.2) is 5.78 Å². The maximum Gasteiger partial charge on any atom is 0.170 e. The lowest BCUT2D eigenvalue weighted by molar-refractivity contribution is -0.118. The maximum absolute atomic E-state index is 12.0. The summed E-state index contributed by atoms with van der Waals surface area (Å²) >= 11 is 0. The van der Waals surface area contributed by atoms with Crippen molar-refractivity contribution in [3.63, 3.8) is 0 Å². The third-order valence-electron chi connectivity index (χ3n) is 5.76. The van der Waals surface area contributed by atoms with Crippen LogP contribution in [0, 0.1) is 0 Å². The molecule has 0 aliphatic heterocycles. The fraction of sp³-hybridized carbons (Fsp3) is 0.704. The molecule has 0 saturated heterocycles. The number of hydrogen-bond acceptors (Lipinski definition) is 2. The van der Waals surface area contributed by atoms with Crippen LogP contribution in [0.15, 0.2) is 30.3 Å². The average molecular weight is 401 g/mol. The molecule has 164 valence electrons. The summed E-state index contributed by atoms with van der Waals surface area (Å²) in [4.78, 5) is 24.0. The second-order valence-corrected chi connectivity index (χ2v) is 8.56. The summed E-state index contributed by atoms with van der Waals surface area (Å²) in [5.41, 5.74) is 0.646. The Morgan fingerprint density at radius 2 is 1.00 bits per heavy atom. The Morgan fingerprint density at radius 1 is 0.586 bits per heavy atom. The summed E-state index contributed by atoms with van der Waals surface area (Å²) in [6, 6.07) is 9.13. The molecular weight excluding hydrogens is 356 g/mol. The van der Waals surface area contributed by atoms with Gasteiger partial charge in [0, 0.05) is 12.0 Å². The van der Waals surface area contributed by atoms with Crippen LogP contribution in [0.25, 0.3) is 0 Å². The summed E-state index contributed by atoms with van der Waals surface area (Å²) in [5.74, 6) is 0.0382. The van der Waals surface area contributed by atoms with Crippen molar-refractivity contribution < 1.29 is 9.59 Å². The van der Waals surface area contributed by atoms with E-state index in [0.717, 1.165) is 12.8 Å². The molecule has 0 radical (unpaired) electrons. The number of carbonyl (C=O) groups excluding carboxylic acids is 2. The van der Waals surface area contributed by atoms with Crippen LogP contribution in [0.3, 0.4) is 0 Å². The van der Waals surface area contributed by atoms with Gasteiger partial charge in [-0.15, -0.1) is 0 Å². The standard InChI is InChI=1S/C27H44O2/c1-2-3-4-5-6-7-8-9-10-11-12-13-14-15-16-20-23-26(28)24-27(29)25-21-18-17-19-22-25/h17-19,21-22H,2-16,20,23-24H2,1H3. The van der Waals surface area contributed by atoms with Gasteiger partial charge in [0.25, 0.3) is 0 Å². The Labute approximate surface area is 179 Å². The molecule has 29 heavy (non-hydrogen) atoms. The number of rotatable bonds is 20. The quantitative estimate of drug-likeness (QED) is 0.125. The summed E-state index contributed by atoms with van der Waals surface area (Å²) in [6.45, 7) is 2.28. The molecule has 2 nitrogen and oxygen atoms in total. The average Bonchev–Trinajstić information content (AvgIpc) is 2.74. The highest BCUT2D eigenvalue weighted by molar-refractivity contribution is 6.07. The third-order valence-corrected chi connectivity index (χ3v) is 5.76. The normalized spacial score (nSPS) is 10.9. The minimum absolute atomic E-state index is 0.0490. The Morgan fingerprint density at radius 3 is 1.45 bits per heavy atom. The van der Waals surface area contributed by atoms with E-state index in [1.165, 1.54) is 89.9 Å². The first-order valence-corrected chi connectivity index (χ1v) is 12.3. The van der Waals surface area contributed by atoms with E-state index in [2.05, 4.69) is 6.92 Å². The fourth-order valence-corrected chi connectivity index (χ4v) is 3.86. The van der Waals surface area contributed by atoms with E-state index in [4.69, 9.17) is 0 Å². The van der Waals surface area contributed by atoms with Crippen LogP contribution in [0.4, 0.5) is 0 Å². The van der Waals surface area contributed by atoms with Crippen molar-refractivity contribution in [1.82, 2.24) is 0 Å². The Hall–Kier alpha value is -1.44. The molecule has 0 spiro atoms. The first-order valence-electron chi connectivity index (χ1n) is 12.3. The predicted octanol–water partition coefficient (Wildman–Crippen LogP) is 8.48. The van der Waals surface area contributed by atoms with Crippen LogP contribution in [0.5, 0.6) is 0 Å². The zero-order valence-corrected chi connectivity index (χ0v) is 18.9. The zero-order valence-electron chi connectivity index (χ0n) is 18.9. The van der Waals surface area contributed by atoms with E-state index in [9.17, 15) is 9.59 Å². The molecule has 0 amide bonds. The van der Waals surface area contributed by atoms with Gasteiger partial charge in [-0.1, -0.05) is 134 Å². The van der Waals surface area contributed by atoms with E-state index >= 15 is 0 Å². The molecule has 0 aliphatic carbocycles. The molecule has 2 heteroatoms. The SMILES string of the molecule is CCCCCCCCCCCCCCCCCCC(=O)CC(=O)c1ccccc1. The summed E-state index contributed by atoms with van der Waals surface area (Å²) in [6.07, 6.45) is 22.0. The first-order chi connectivity index (χ1) is 14.2. The highest BCUT2D eigenvalue weighted by Gasteiger charge is 2.10. The van der Waals surface area contributed by atoms with Gasteiger partial charge in [0.05, 0.1) is 6.42 Å². The van der Waals surface area contributed by atoms with E-state index in [0.29, 0.717) is 12.0 Å². The van der Waals surface area contributed by atoms with Gasteiger partial charge < -0.3 is 0 Å². The van der Waals surface area contributed by atoms with Crippen molar-refractivity contribution in [2.24, 2.45) is 0 Å². The molecule has 0 N–H and O–H groups in total. The largest absolute Gasteiger partial charge is 0.299 e. The molecule has 1 rings (SSSR count). The summed E-state index contributed by atoms with van der Waals surface area (Å²) in [5, 5.41) is 0. The minimum Gasteiger partial charge on any atom is -0.299 e. The topological polar surface area (TPSA) is 34.1 Å². The highest BCUT2D eigenvalue weighted by atomic mass is 16.1. The molecule has 0 bridgehead atoms. The van der Waals surface area contributed by atoms with Crippen LogP contribution in [-0.4, -0.2) is 11.6 Å². The Bertz CT molecular complexity index is 521. The molecule has 1 aromatic carbocycles. The van der Waals surface area contributed by atoms with Crippen LogP contribution in [0.1, 0.15) is 133 Å². The molecule has 1 aromatic rings. The van der Waals surface area contributed by atoms with Crippen molar-refractivity contribution >= 4 is 11.6 Å². The lowest BCUT2D eigenvalue weighted by atomic mass is 10.0. The van der Waals surface area contributed by atoms with Gasteiger partial charge in [0.1, 0.15) is 5.78 Å². The molecule has 0 heterocycles. The van der Waals surface area contributed by atoms with E-state index in [1.54, 1.807) is 12.1 Å². The van der Waals surface area contributed by atoms with Crippen LogP contribution in [-0.2, 0) is 4.79 Å². The lowest BCUT2D eigenvalue weighted by Gasteiger charge is -2.04. The monoisotopic (exact) mass is 400 g/mol. The summed E-state index contributed by atoms with van der Waals surface area (Å²) in [7, 11) is 0. The number of hydrogen-bond donors (Lipinski definition) is 0. The second-order valence-electron chi connectivity index (χ2n) is 8.56. The molecule has 0 atom stereocenters. The molecule has 0 aromatic heterocycles. The molecule has 0 saturated carbocycles. The lowest BCUT2D eigenvalue weighted by Crippen LogP contribution is -2.07. The smallest absolute Gasteiger partial charge is 0.170 e. The van der Waals surface area contributed by atoms with Gasteiger partial charge in [-0.05, 0) is 6.42 Å². The van der Waals surface area contributed by atoms with Gasteiger partial charge in [-0.3, -0.25) is 9.59 Å². The number of benzene rings is 1. The van der Waals surface area contributed by atoms with E-state index in [1.807, 2.05) is 18.2 Å². The maximum atomic E-state index is 12.0. The van der Waals surface area contributed by atoms with E-state index in [-0.39, 0.29) is 18.0 Å². The third kappa shape index (κ3) is 15.1. The van der Waals surface area contributed by atoms with Crippen molar-refractivity contribution in [1.29, 1.82) is 0 Å². The number of Topliss-reactive ketones (excluding diaryl/α,β-unsaturated/α-hetero) is 2. The fourth-order valence-electron chi connectivity index (χ4n) is 3.86. The molecule has 0 unspecified atom stereocenters. The number of ketones is 2.